The van der Waals surface area contributed by atoms with Crippen LogP contribution in [0.15, 0.2) is 114 Å². The van der Waals surface area contributed by atoms with Crippen molar-refractivity contribution in [2.24, 2.45) is 0 Å². The van der Waals surface area contributed by atoms with Crippen molar-refractivity contribution in [1.82, 2.24) is 25.1 Å². The predicted molar refractivity (Wildman–Crippen MR) is 179 cm³/mol. The molecule has 5 aromatic rings. The number of nitrogens with zero attached hydrogens (tertiary/aromatic N) is 3. The van der Waals surface area contributed by atoms with Crippen molar-refractivity contribution in [3.05, 3.63) is 132 Å². The largest absolute Gasteiger partial charge is 0.478 e. The van der Waals surface area contributed by atoms with E-state index < -0.39 is 12.0 Å². The van der Waals surface area contributed by atoms with Gasteiger partial charge in [-0.1, -0.05) is 78.9 Å². The minimum Gasteiger partial charge on any atom is -0.478 e. The molecule has 0 spiro atoms. The Morgan fingerprint density at radius 3 is 2.15 bits per heavy atom. The highest BCUT2D eigenvalue weighted by atomic mass is 32.2. The maximum atomic E-state index is 14.0. The summed E-state index contributed by atoms with van der Waals surface area (Å²) in [6.07, 6.45) is 1.86. The first-order chi connectivity index (χ1) is 22.5. The summed E-state index contributed by atoms with van der Waals surface area (Å²) in [7, 11) is 0. The molecule has 0 radical (unpaired) electrons. The summed E-state index contributed by atoms with van der Waals surface area (Å²) < 4.78 is 0. The second kappa shape index (κ2) is 14.4. The van der Waals surface area contributed by atoms with Crippen LogP contribution in [0, 0.1) is 0 Å². The number of aromatic amines is 1. The summed E-state index contributed by atoms with van der Waals surface area (Å²) in [5.41, 5.74) is 3.72. The molecule has 234 valence electrons. The zero-order valence-corrected chi connectivity index (χ0v) is 26.0. The van der Waals surface area contributed by atoms with Gasteiger partial charge in [-0.2, -0.15) is 0 Å². The van der Waals surface area contributed by atoms with Crippen LogP contribution in [0.5, 0.6) is 0 Å². The lowest BCUT2D eigenvalue weighted by atomic mass is 9.96. The summed E-state index contributed by atoms with van der Waals surface area (Å²) in [6.45, 7) is 2.38. The van der Waals surface area contributed by atoms with Crippen LogP contribution in [-0.2, 0) is 4.79 Å². The van der Waals surface area contributed by atoms with E-state index in [9.17, 15) is 19.5 Å². The average molecular weight is 634 g/mol. The van der Waals surface area contributed by atoms with Gasteiger partial charge in [0.05, 0.1) is 11.6 Å². The molecular weight excluding hydrogens is 598 g/mol. The molecule has 9 nitrogen and oxygen atoms in total. The zero-order valence-electron chi connectivity index (χ0n) is 25.2. The Hall–Kier alpha value is -4.93. The van der Waals surface area contributed by atoms with Crippen molar-refractivity contribution >= 4 is 40.4 Å². The zero-order chi connectivity index (χ0) is 31.9. The molecule has 1 aliphatic heterocycles. The van der Waals surface area contributed by atoms with Crippen LogP contribution in [-0.4, -0.2) is 80.6 Å². The fourth-order valence-electron chi connectivity index (χ4n) is 5.94. The Labute approximate surface area is 271 Å². The molecule has 0 aliphatic carbocycles. The topological polar surface area (TPSA) is 119 Å². The van der Waals surface area contributed by atoms with Gasteiger partial charge in [0.2, 0.25) is 5.91 Å². The summed E-state index contributed by atoms with van der Waals surface area (Å²) in [4.78, 5) is 50.7. The Kier molecular flexibility index (Phi) is 9.76. The molecule has 1 unspecified atom stereocenters. The SMILES string of the molecule is O=C(NC(CCSc1ncccc1C(=O)O)C(=O)N1CCN(C(c2ccccc2)c2ccccc2)CC1)c1cc2ccccc2[nH]1. The quantitative estimate of drug-likeness (QED) is 0.165. The third kappa shape index (κ3) is 7.14. The molecule has 1 aliphatic rings. The van der Waals surface area contributed by atoms with Gasteiger partial charge in [-0.15, -0.1) is 11.8 Å². The number of piperazine rings is 1. The lowest BCUT2D eigenvalue weighted by Crippen LogP contribution is -2.55. The van der Waals surface area contributed by atoms with Gasteiger partial charge in [0.15, 0.2) is 0 Å². The second-order valence-corrected chi connectivity index (χ2v) is 12.3. The predicted octanol–water partition coefficient (Wildman–Crippen LogP) is 5.48. The smallest absolute Gasteiger partial charge is 0.338 e. The van der Waals surface area contributed by atoms with Crippen LogP contribution in [0.1, 0.15) is 44.4 Å². The van der Waals surface area contributed by atoms with E-state index in [2.05, 4.69) is 44.5 Å². The standard InChI is InChI=1S/C36H35N5O4S/c42-33(31-24-27-14-7-8-16-29(27)38-31)39-30(17-23-46-34-28(36(44)45)15-9-18-37-34)35(43)41-21-19-40(20-22-41)32(25-10-3-1-4-11-25)26-12-5-2-6-13-26/h1-16,18,24,30,32,38H,17,19-23H2,(H,39,42)(H,44,45). The first-order valence-corrected chi connectivity index (χ1v) is 16.3. The highest BCUT2D eigenvalue weighted by Gasteiger charge is 2.32. The number of para-hydroxylation sites is 1. The summed E-state index contributed by atoms with van der Waals surface area (Å²) in [6, 6.07) is 32.5. The highest BCUT2D eigenvalue weighted by Crippen LogP contribution is 2.30. The van der Waals surface area contributed by atoms with Crippen LogP contribution < -0.4 is 5.32 Å². The Morgan fingerprint density at radius 1 is 0.848 bits per heavy atom. The molecule has 6 rings (SSSR count). The molecule has 1 fully saturated rings. The minimum absolute atomic E-state index is 0.0652. The van der Waals surface area contributed by atoms with Crippen LogP contribution in [0.2, 0.25) is 0 Å². The van der Waals surface area contributed by atoms with Gasteiger partial charge in [-0.25, -0.2) is 9.78 Å². The van der Waals surface area contributed by atoms with Crippen molar-refractivity contribution in [2.45, 2.75) is 23.5 Å². The first kappa shape index (κ1) is 31.1. The average Bonchev–Trinajstić information content (AvgIpc) is 3.54. The number of H-pyrrole nitrogens is 1. The molecule has 10 heteroatoms. The van der Waals surface area contributed by atoms with Crippen LogP contribution in [0.3, 0.4) is 0 Å². The number of carbonyl (C=O) groups excluding carboxylic acids is 2. The number of rotatable bonds is 11. The molecule has 1 atom stereocenters. The van der Waals surface area contributed by atoms with E-state index in [1.54, 1.807) is 18.3 Å². The number of carboxylic acid groups (broad SMARTS) is 1. The lowest BCUT2D eigenvalue weighted by Gasteiger charge is -2.40. The molecule has 46 heavy (non-hydrogen) atoms. The molecule has 2 aromatic heterocycles. The van der Waals surface area contributed by atoms with E-state index >= 15 is 0 Å². The van der Waals surface area contributed by atoms with E-state index in [-0.39, 0.29) is 23.4 Å². The normalized spacial score (nSPS) is 14.3. The van der Waals surface area contributed by atoms with Gasteiger partial charge in [0.25, 0.3) is 5.91 Å². The fraction of sp³-hybridized carbons (Fsp3) is 0.222. The molecule has 3 aromatic carbocycles. The molecular formula is C36H35N5O4S. The van der Waals surface area contributed by atoms with E-state index in [1.807, 2.05) is 65.6 Å². The molecule has 0 bridgehead atoms. The summed E-state index contributed by atoms with van der Waals surface area (Å²) in [5, 5.41) is 13.8. The third-order valence-electron chi connectivity index (χ3n) is 8.25. The highest BCUT2D eigenvalue weighted by molar-refractivity contribution is 7.99. The van der Waals surface area contributed by atoms with E-state index in [0.717, 1.165) is 10.9 Å². The number of aromatic nitrogens is 2. The van der Waals surface area contributed by atoms with Gasteiger partial charge < -0.3 is 20.3 Å². The van der Waals surface area contributed by atoms with Crippen molar-refractivity contribution in [3.63, 3.8) is 0 Å². The lowest BCUT2D eigenvalue weighted by molar-refractivity contribution is -0.135. The monoisotopic (exact) mass is 633 g/mol. The first-order valence-electron chi connectivity index (χ1n) is 15.3. The van der Waals surface area contributed by atoms with Gasteiger partial charge in [0, 0.05) is 49.0 Å². The van der Waals surface area contributed by atoms with Gasteiger partial charge in [0.1, 0.15) is 16.8 Å². The van der Waals surface area contributed by atoms with E-state index in [4.69, 9.17) is 0 Å². The number of amides is 2. The fourth-order valence-corrected chi connectivity index (χ4v) is 6.93. The number of pyridine rings is 1. The Morgan fingerprint density at radius 2 is 1.50 bits per heavy atom. The number of thioether (sulfide) groups is 1. The number of aromatic carboxylic acids is 1. The van der Waals surface area contributed by atoms with Gasteiger partial charge in [-0.05, 0) is 41.8 Å². The van der Waals surface area contributed by atoms with Crippen molar-refractivity contribution < 1.29 is 19.5 Å². The summed E-state index contributed by atoms with van der Waals surface area (Å²) in [5.74, 6) is -1.18. The second-order valence-electron chi connectivity index (χ2n) is 11.2. The minimum atomic E-state index is -1.06. The van der Waals surface area contributed by atoms with Gasteiger partial charge >= 0.3 is 5.97 Å². The number of fused-ring (bicyclic) bond motifs is 1. The van der Waals surface area contributed by atoms with Crippen molar-refractivity contribution in [2.75, 3.05) is 31.9 Å². The number of hydrogen-bond donors (Lipinski definition) is 3. The third-order valence-corrected chi connectivity index (χ3v) is 9.29. The molecule has 1 saturated heterocycles. The number of carboxylic acids is 1. The number of benzene rings is 3. The van der Waals surface area contributed by atoms with Crippen LogP contribution in [0.25, 0.3) is 10.9 Å². The number of nitrogens with one attached hydrogen (secondary N) is 2. The van der Waals surface area contributed by atoms with Crippen LogP contribution in [0.4, 0.5) is 0 Å². The molecule has 0 saturated carbocycles. The molecule has 3 N–H and O–H groups in total. The maximum absolute atomic E-state index is 14.0. The van der Waals surface area contributed by atoms with Crippen molar-refractivity contribution in [1.29, 1.82) is 0 Å². The van der Waals surface area contributed by atoms with Gasteiger partial charge in [-0.3, -0.25) is 14.5 Å². The molecule has 2 amide bonds. The van der Waals surface area contributed by atoms with Crippen LogP contribution >= 0.6 is 11.8 Å². The van der Waals surface area contributed by atoms with E-state index in [0.29, 0.717) is 49.1 Å². The van der Waals surface area contributed by atoms with E-state index in [1.165, 1.54) is 29.0 Å². The Balaban J connectivity index is 1.17. The number of carbonyl (C=O) groups is 3. The maximum Gasteiger partial charge on any atom is 0.338 e. The summed E-state index contributed by atoms with van der Waals surface area (Å²) >= 11 is 1.26. The Bertz CT molecular complexity index is 1730. The van der Waals surface area contributed by atoms with Crippen molar-refractivity contribution in [3.8, 4) is 0 Å². The number of hydrogen-bond acceptors (Lipinski definition) is 6. The molecule has 3 heterocycles.